The van der Waals surface area contributed by atoms with Gasteiger partial charge in [-0.25, -0.2) is 14.8 Å². The first kappa shape index (κ1) is 62.3. The van der Waals surface area contributed by atoms with Gasteiger partial charge in [-0.3, -0.25) is 32.8 Å². The molecule has 0 aliphatic carbocycles. The molecule has 83 heavy (non-hydrogen) atoms. The molecule has 1 unspecified atom stereocenters. The predicted octanol–water partition coefficient (Wildman–Crippen LogP) is 8.10. The van der Waals surface area contributed by atoms with Crippen molar-refractivity contribution in [1.29, 1.82) is 0 Å². The van der Waals surface area contributed by atoms with Gasteiger partial charge < -0.3 is 14.6 Å². The summed E-state index contributed by atoms with van der Waals surface area (Å²) >= 11 is 0.544. The molecular weight excluding hydrogens is 1160 g/mol. The summed E-state index contributed by atoms with van der Waals surface area (Å²) in [6.45, 7) is 8.55. The van der Waals surface area contributed by atoms with E-state index >= 15 is 0 Å². The third-order valence-electron chi connectivity index (χ3n) is 15.2. The summed E-state index contributed by atoms with van der Waals surface area (Å²) in [4.78, 5) is 83.6. The van der Waals surface area contributed by atoms with Gasteiger partial charge in [-0.05, 0) is 104 Å². The fraction of sp³-hybridized carbons (Fsp3) is 0.400. The summed E-state index contributed by atoms with van der Waals surface area (Å²) in [7, 11) is -14.7. The normalized spacial score (nSPS) is 18.2. The second kappa shape index (κ2) is 24.8. The van der Waals surface area contributed by atoms with Gasteiger partial charge in [0.15, 0.2) is 5.71 Å². The van der Waals surface area contributed by atoms with Crippen molar-refractivity contribution in [2.45, 2.75) is 148 Å². The van der Waals surface area contributed by atoms with E-state index in [1.54, 1.807) is 30.4 Å². The molecule has 4 aromatic carbocycles. The van der Waals surface area contributed by atoms with E-state index in [4.69, 9.17) is 19.3 Å². The minimum atomic E-state index is -5.01. The molecule has 8 rings (SSSR count). The Bertz CT molecular complexity index is 3780. The second-order valence-corrected chi connectivity index (χ2v) is 26.3. The molecule has 0 aromatic heterocycles. The van der Waals surface area contributed by atoms with Crippen molar-refractivity contribution in [3.05, 3.63) is 96.1 Å². The van der Waals surface area contributed by atoms with Crippen LogP contribution in [0.2, 0.25) is 0 Å². The van der Waals surface area contributed by atoms with Gasteiger partial charge in [-0.1, -0.05) is 61.8 Å². The highest BCUT2D eigenvalue weighted by Crippen LogP contribution is 2.52. The van der Waals surface area contributed by atoms with E-state index in [9.17, 15) is 67.7 Å². The summed E-state index contributed by atoms with van der Waals surface area (Å²) in [5.74, 6) is -3.80. The van der Waals surface area contributed by atoms with Crippen LogP contribution < -0.4 is 4.90 Å². The fourth-order valence-electron chi connectivity index (χ4n) is 11.3. The molecule has 4 aliphatic heterocycles. The Hall–Kier alpha value is -6.73. The topological polar surface area (TPSA) is 335 Å². The lowest BCUT2D eigenvalue weighted by molar-refractivity contribution is -0.438. The van der Waals surface area contributed by atoms with Crippen molar-refractivity contribution in [2.24, 2.45) is 0 Å². The van der Waals surface area contributed by atoms with Gasteiger partial charge in [-0.15, -0.1) is 14.5 Å². The lowest BCUT2D eigenvalue weighted by atomic mass is 9.77. The Morgan fingerprint density at radius 2 is 1.19 bits per heavy atom. The molecule has 4 aromatic rings. The molecule has 24 nitrogen and oxygen atoms in total. The zero-order chi connectivity index (χ0) is 60.4. The van der Waals surface area contributed by atoms with Crippen LogP contribution in [-0.4, -0.2) is 119 Å². The molecule has 444 valence electrons. The van der Waals surface area contributed by atoms with Gasteiger partial charge >= 0.3 is 11.9 Å². The fourth-order valence-corrected chi connectivity index (χ4v) is 13.8. The van der Waals surface area contributed by atoms with Crippen molar-refractivity contribution < 1.29 is 96.6 Å². The highest BCUT2D eigenvalue weighted by molar-refractivity contribution is 7.94. The van der Waals surface area contributed by atoms with Crippen LogP contribution in [0.5, 0.6) is 0 Å². The number of benzene rings is 4. The first-order chi connectivity index (χ1) is 39.0. The Balaban J connectivity index is 1.05. The summed E-state index contributed by atoms with van der Waals surface area (Å²) in [6.07, 6.45) is 14.0. The first-order valence-corrected chi connectivity index (χ1v) is 31.5. The van der Waals surface area contributed by atoms with E-state index in [2.05, 4.69) is 9.94 Å². The lowest BCUT2D eigenvalue weighted by Gasteiger charge is -2.34. The minimum absolute atomic E-state index is 0.0132. The standard InChI is InChI=1S/C55H60N4O20S4/c1-54(2)44(56(28-14-8-12-18-50(64)76-58-46(60)24-25-47(58)61)40-22-20-36-38(52(40)54)30-34(81(67,68)69)32-42(36)80-79-78-66)16-10-6-5-7-11-17-45-55(3,4)53-39-31-35(82(70,71)72)33-43(83(73,74)75)37(39)21-23-41(53)57(45)29-15-9-13-19-51(65)77-59-48(62)26-27-49(59)63/h5-7,10-11,17,20-23,30-33,44H,8-9,12-16,18-19,24-29H2,1-4H3,(H3-,66,67,68,69,70,71,72,73,74,75)/p+1/b7-5+,10-6+,17-11+. The third-order valence-corrected chi connectivity index (χ3v) is 18.4. The van der Waals surface area contributed by atoms with Crippen LogP contribution in [0.25, 0.3) is 21.5 Å². The van der Waals surface area contributed by atoms with E-state index in [0.717, 1.165) is 17.3 Å². The molecule has 0 saturated carbocycles. The van der Waals surface area contributed by atoms with Crippen molar-refractivity contribution in [3.8, 4) is 0 Å². The minimum Gasteiger partial charge on any atom is -0.367 e. The van der Waals surface area contributed by atoms with Crippen LogP contribution in [0.4, 0.5) is 11.4 Å². The monoisotopic (exact) mass is 1230 g/mol. The van der Waals surface area contributed by atoms with Gasteiger partial charge in [-0.2, -0.15) is 29.8 Å². The number of hydrogen-bond donors (Lipinski definition) is 4. The number of fused-ring (bicyclic) bond motifs is 6. The van der Waals surface area contributed by atoms with E-state index in [0.29, 0.717) is 114 Å². The molecule has 4 aliphatic rings. The SMILES string of the molecule is CC1(C)C(/C=C/C=C/C=C/CC2N(CCCCCC(=O)ON3C(=O)CCC3=O)c3ccc4c(SOOO)cc(S(=O)(=O)O)cc4c3C2(C)C)=[N+](CCCCCC(=O)ON2C(=O)CCC2=O)c2ccc3c(S(=O)(=O)O)cc(S(=O)(=O)O)cc3c21. The molecule has 4 amide bonds. The highest BCUT2D eigenvalue weighted by Gasteiger charge is 2.47. The number of unbranched alkanes of at least 4 members (excludes halogenated alkanes) is 4. The average Bonchev–Trinajstić information content (AvgIpc) is 1.79. The maximum absolute atomic E-state index is 12.7. The molecule has 1 atom stereocenters. The summed E-state index contributed by atoms with van der Waals surface area (Å²) in [6, 6.07) is 10.9. The number of imide groups is 2. The van der Waals surface area contributed by atoms with Crippen LogP contribution >= 0.6 is 12.0 Å². The molecular formula is C55H61N4O20S4+. The number of carbonyl (C=O) groups excluding carboxylic acids is 6. The Morgan fingerprint density at radius 3 is 1.76 bits per heavy atom. The summed E-state index contributed by atoms with van der Waals surface area (Å²) in [5.41, 5.74) is 1.64. The number of amides is 4. The molecule has 2 fully saturated rings. The van der Waals surface area contributed by atoms with Crippen molar-refractivity contribution in [2.75, 3.05) is 18.0 Å². The highest BCUT2D eigenvalue weighted by atomic mass is 32.2. The van der Waals surface area contributed by atoms with Crippen LogP contribution in [-0.2, 0) is 89.0 Å². The summed E-state index contributed by atoms with van der Waals surface area (Å²) in [5, 5.41) is 15.0. The van der Waals surface area contributed by atoms with Crippen LogP contribution in [0, 0.1) is 0 Å². The Morgan fingerprint density at radius 1 is 0.651 bits per heavy atom. The van der Waals surface area contributed by atoms with Crippen molar-refractivity contribution in [1.82, 2.24) is 10.1 Å². The number of nitrogens with zero attached hydrogens (tertiary/aromatic N) is 4. The van der Waals surface area contributed by atoms with Gasteiger partial charge in [0.25, 0.3) is 54.0 Å². The van der Waals surface area contributed by atoms with Crippen LogP contribution in [0.15, 0.2) is 105 Å². The summed E-state index contributed by atoms with van der Waals surface area (Å²) < 4.78 is 113. The number of hydroxylamine groups is 4. The maximum atomic E-state index is 12.7. The maximum Gasteiger partial charge on any atom is 0.333 e. The Kier molecular flexibility index (Phi) is 18.7. The van der Waals surface area contributed by atoms with Crippen LogP contribution in [0.3, 0.4) is 0 Å². The Labute approximate surface area is 482 Å². The number of anilines is 1. The largest absolute Gasteiger partial charge is 0.367 e. The number of allylic oxidation sites excluding steroid dienone is 5. The average molecular weight is 1230 g/mol. The molecule has 4 heterocycles. The molecule has 28 heteroatoms. The van der Waals surface area contributed by atoms with Crippen LogP contribution in [0.1, 0.15) is 122 Å². The zero-order valence-electron chi connectivity index (χ0n) is 45.5. The first-order valence-electron chi connectivity index (χ1n) is 26.4. The van der Waals surface area contributed by atoms with Crippen molar-refractivity contribution in [3.63, 3.8) is 0 Å². The van der Waals surface area contributed by atoms with Gasteiger partial charge in [0.05, 0.1) is 27.2 Å². The van der Waals surface area contributed by atoms with E-state index in [1.807, 2.05) is 56.6 Å². The van der Waals surface area contributed by atoms with Gasteiger partial charge in [0.2, 0.25) is 5.69 Å². The van der Waals surface area contributed by atoms with Gasteiger partial charge in [0.1, 0.15) is 11.4 Å². The van der Waals surface area contributed by atoms with Gasteiger partial charge in [0, 0.05) is 96.6 Å². The van der Waals surface area contributed by atoms with E-state index in [1.165, 1.54) is 18.2 Å². The van der Waals surface area contributed by atoms with Crippen molar-refractivity contribution >= 4 is 117 Å². The third kappa shape index (κ3) is 13.5. The molecule has 0 spiro atoms. The smallest absolute Gasteiger partial charge is 0.333 e. The number of hydrogen-bond acceptors (Lipinski definition) is 19. The number of rotatable bonds is 25. The quantitative estimate of drug-likeness (QED) is 0.00711. The number of carbonyl (C=O) groups is 6. The molecule has 4 N–H and O–H groups in total. The molecule has 2 saturated heterocycles. The van der Waals surface area contributed by atoms with E-state index in [-0.39, 0.29) is 60.2 Å². The molecule has 0 bridgehead atoms. The predicted molar refractivity (Wildman–Crippen MR) is 298 cm³/mol. The second-order valence-electron chi connectivity index (χ2n) is 21.3. The zero-order valence-corrected chi connectivity index (χ0v) is 48.8. The lowest BCUT2D eigenvalue weighted by Crippen LogP contribution is -2.41. The molecule has 0 radical (unpaired) electrons. The van der Waals surface area contributed by atoms with E-state index < -0.39 is 91.4 Å².